The number of nitrogen functional groups attached to an aromatic ring is 1. The predicted octanol–water partition coefficient (Wildman–Crippen LogP) is 4.47. The lowest BCUT2D eigenvalue weighted by Gasteiger charge is -2.09. The molecule has 0 amide bonds. The summed E-state index contributed by atoms with van der Waals surface area (Å²) >= 11 is 4.97. The van der Waals surface area contributed by atoms with Crippen LogP contribution in [-0.4, -0.2) is 7.11 Å². The molecule has 0 unspecified atom stereocenters. The summed E-state index contributed by atoms with van der Waals surface area (Å²) in [5.41, 5.74) is 6.68. The van der Waals surface area contributed by atoms with E-state index in [0.29, 0.717) is 5.75 Å². The zero-order valence-electron chi connectivity index (χ0n) is 10.3. The van der Waals surface area contributed by atoms with Gasteiger partial charge in [0, 0.05) is 20.7 Å². The molecule has 0 spiro atoms. The summed E-state index contributed by atoms with van der Waals surface area (Å²) in [5.74, 6) is 1.14. The molecule has 19 heavy (non-hydrogen) atoms. The Kier molecular flexibility index (Phi) is 4.71. The van der Waals surface area contributed by atoms with Crippen molar-refractivity contribution in [2.24, 2.45) is 0 Å². The second kappa shape index (κ2) is 6.30. The first kappa shape index (κ1) is 14.2. The lowest BCUT2D eigenvalue weighted by Crippen LogP contribution is -1.92. The SMILES string of the molecule is COc1ccc(Br)cc1CSc1ccc(N)c(F)c1. The van der Waals surface area contributed by atoms with Crippen molar-refractivity contribution in [3.63, 3.8) is 0 Å². The summed E-state index contributed by atoms with van der Waals surface area (Å²) < 4.78 is 19.6. The van der Waals surface area contributed by atoms with E-state index >= 15 is 0 Å². The van der Waals surface area contributed by atoms with Crippen LogP contribution in [0.3, 0.4) is 0 Å². The second-order valence-corrected chi connectivity index (χ2v) is 5.89. The molecule has 2 N–H and O–H groups in total. The smallest absolute Gasteiger partial charge is 0.147 e. The molecule has 0 bridgehead atoms. The first-order chi connectivity index (χ1) is 9.10. The van der Waals surface area contributed by atoms with Gasteiger partial charge in [0.1, 0.15) is 11.6 Å². The van der Waals surface area contributed by atoms with Gasteiger partial charge in [-0.15, -0.1) is 11.8 Å². The Bertz CT molecular complexity index is 592. The molecule has 2 rings (SSSR count). The monoisotopic (exact) mass is 341 g/mol. The normalized spacial score (nSPS) is 10.5. The molecule has 0 aliphatic carbocycles. The van der Waals surface area contributed by atoms with Gasteiger partial charge < -0.3 is 10.5 Å². The van der Waals surface area contributed by atoms with Crippen LogP contribution in [0.5, 0.6) is 5.75 Å². The van der Waals surface area contributed by atoms with E-state index in [-0.39, 0.29) is 11.5 Å². The number of halogens is 2. The van der Waals surface area contributed by atoms with Crippen molar-refractivity contribution in [3.05, 3.63) is 52.3 Å². The van der Waals surface area contributed by atoms with Gasteiger partial charge in [0.2, 0.25) is 0 Å². The molecule has 0 atom stereocenters. The fourth-order valence-corrected chi connectivity index (χ4v) is 2.93. The highest BCUT2D eigenvalue weighted by molar-refractivity contribution is 9.10. The number of rotatable bonds is 4. The van der Waals surface area contributed by atoms with Gasteiger partial charge >= 0.3 is 0 Å². The van der Waals surface area contributed by atoms with Gasteiger partial charge in [0.15, 0.2) is 0 Å². The molecule has 0 saturated carbocycles. The second-order valence-electron chi connectivity index (χ2n) is 3.93. The molecule has 5 heteroatoms. The summed E-state index contributed by atoms with van der Waals surface area (Å²) in [4.78, 5) is 0.841. The third kappa shape index (κ3) is 3.64. The molecule has 2 aromatic carbocycles. The molecule has 0 aromatic heterocycles. The summed E-state index contributed by atoms with van der Waals surface area (Å²) in [6.07, 6.45) is 0. The molecule has 0 aliphatic heterocycles. The standard InChI is InChI=1S/C14H13BrFNOS/c1-18-14-5-2-10(15)6-9(14)8-19-11-3-4-13(17)12(16)7-11/h2-7H,8,17H2,1H3. The van der Waals surface area contributed by atoms with Crippen molar-refractivity contribution in [1.82, 2.24) is 0 Å². The number of thioether (sulfide) groups is 1. The predicted molar refractivity (Wildman–Crippen MR) is 81.1 cm³/mol. The van der Waals surface area contributed by atoms with Gasteiger partial charge in [0.25, 0.3) is 0 Å². The number of methoxy groups -OCH3 is 1. The average molecular weight is 342 g/mol. The molecule has 0 aliphatic rings. The summed E-state index contributed by atoms with van der Waals surface area (Å²) in [6, 6.07) is 10.7. The van der Waals surface area contributed by atoms with Gasteiger partial charge in [-0.05, 0) is 36.4 Å². The molecular formula is C14H13BrFNOS. The highest BCUT2D eigenvalue weighted by atomic mass is 79.9. The Morgan fingerprint density at radius 2 is 2.05 bits per heavy atom. The van der Waals surface area contributed by atoms with E-state index in [1.54, 1.807) is 13.2 Å². The van der Waals surface area contributed by atoms with Crippen LogP contribution < -0.4 is 10.5 Å². The van der Waals surface area contributed by atoms with Gasteiger partial charge in [-0.2, -0.15) is 0 Å². The van der Waals surface area contributed by atoms with Crippen LogP contribution >= 0.6 is 27.7 Å². The van der Waals surface area contributed by atoms with Crippen LogP contribution in [0.2, 0.25) is 0 Å². The number of anilines is 1. The third-order valence-electron chi connectivity index (χ3n) is 2.61. The van der Waals surface area contributed by atoms with Crippen LogP contribution in [0, 0.1) is 5.82 Å². The molecule has 2 aromatic rings. The summed E-state index contributed by atoms with van der Waals surface area (Å²) in [6.45, 7) is 0. The van der Waals surface area contributed by atoms with Gasteiger partial charge in [-0.25, -0.2) is 4.39 Å². The fraction of sp³-hybridized carbons (Fsp3) is 0.143. The molecule has 0 heterocycles. The largest absolute Gasteiger partial charge is 0.496 e. The Morgan fingerprint density at radius 3 is 2.74 bits per heavy atom. The molecule has 0 saturated heterocycles. The third-order valence-corrected chi connectivity index (χ3v) is 4.14. The van der Waals surface area contributed by atoms with Crippen LogP contribution in [-0.2, 0) is 5.75 Å². The number of hydrogen-bond donors (Lipinski definition) is 1. The summed E-state index contributed by atoms with van der Waals surface area (Å²) in [5, 5.41) is 0. The average Bonchev–Trinajstić information content (AvgIpc) is 2.40. The highest BCUT2D eigenvalue weighted by Gasteiger charge is 2.06. The Labute approximate surface area is 124 Å². The Morgan fingerprint density at radius 1 is 1.26 bits per heavy atom. The van der Waals surface area contributed by atoms with E-state index in [1.165, 1.54) is 17.8 Å². The number of nitrogens with two attached hydrogens (primary N) is 1. The molecule has 0 fully saturated rings. The van der Waals surface area contributed by atoms with Crippen molar-refractivity contribution in [3.8, 4) is 5.75 Å². The maximum atomic E-state index is 13.3. The first-order valence-corrected chi connectivity index (χ1v) is 7.38. The Hall–Kier alpha value is -1.20. The zero-order chi connectivity index (χ0) is 13.8. The maximum absolute atomic E-state index is 13.3. The summed E-state index contributed by atoms with van der Waals surface area (Å²) in [7, 11) is 1.64. The maximum Gasteiger partial charge on any atom is 0.147 e. The minimum Gasteiger partial charge on any atom is -0.496 e. The number of benzene rings is 2. The topological polar surface area (TPSA) is 35.2 Å². The lowest BCUT2D eigenvalue weighted by atomic mass is 10.2. The lowest BCUT2D eigenvalue weighted by molar-refractivity contribution is 0.411. The van der Waals surface area contributed by atoms with Crippen LogP contribution in [0.25, 0.3) is 0 Å². The molecular weight excluding hydrogens is 329 g/mol. The van der Waals surface area contributed by atoms with Crippen molar-refractivity contribution in [2.75, 3.05) is 12.8 Å². The molecule has 2 nitrogen and oxygen atoms in total. The minimum absolute atomic E-state index is 0.171. The van der Waals surface area contributed by atoms with Crippen LogP contribution in [0.15, 0.2) is 45.8 Å². The van der Waals surface area contributed by atoms with E-state index in [2.05, 4.69) is 15.9 Å². The van der Waals surface area contributed by atoms with E-state index in [9.17, 15) is 4.39 Å². The van der Waals surface area contributed by atoms with Crippen LogP contribution in [0.4, 0.5) is 10.1 Å². The van der Waals surface area contributed by atoms with E-state index in [1.807, 2.05) is 24.3 Å². The van der Waals surface area contributed by atoms with Crippen LogP contribution in [0.1, 0.15) is 5.56 Å². The minimum atomic E-state index is -0.383. The van der Waals surface area contributed by atoms with Crippen molar-refractivity contribution in [2.45, 2.75) is 10.6 Å². The molecule has 0 radical (unpaired) electrons. The highest BCUT2D eigenvalue weighted by Crippen LogP contribution is 2.31. The van der Waals surface area contributed by atoms with Crippen molar-refractivity contribution < 1.29 is 9.13 Å². The Balaban J connectivity index is 2.13. The number of ether oxygens (including phenoxy) is 1. The fourth-order valence-electron chi connectivity index (χ4n) is 1.62. The van der Waals surface area contributed by atoms with E-state index < -0.39 is 0 Å². The molecule has 100 valence electrons. The van der Waals surface area contributed by atoms with Gasteiger partial charge in [0.05, 0.1) is 12.8 Å². The number of hydrogen-bond acceptors (Lipinski definition) is 3. The van der Waals surface area contributed by atoms with Gasteiger partial charge in [-0.3, -0.25) is 0 Å². The first-order valence-electron chi connectivity index (χ1n) is 5.60. The van der Waals surface area contributed by atoms with Crippen molar-refractivity contribution >= 4 is 33.4 Å². The van der Waals surface area contributed by atoms with Gasteiger partial charge in [-0.1, -0.05) is 15.9 Å². The quantitative estimate of drug-likeness (QED) is 0.658. The van der Waals surface area contributed by atoms with E-state index in [0.717, 1.165) is 20.7 Å². The van der Waals surface area contributed by atoms with E-state index in [4.69, 9.17) is 10.5 Å². The zero-order valence-corrected chi connectivity index (χ0v) is 12.7. The van der Waals surface area contributed by atoms with Crippen molar-refractivity contribution in [1.29, 1.82) is 0 Å².